The second-order valence-corrected chi connectivity index (χ2v) is 4.70. The summed E-state index contributed by atoms with van der Waals surface area (Å²) in [4.78, 5) is 0. The zero-order valence-electron chi connectivity index (χ0n) is 10.7. The summed E-state index contributed by atoms with van der Waals surface area (Å²) in [7, 11) is 1.81. The predicted octanol–water partition coefficient (Wildman–Crippen LogP) is 1.83. The summed E-state index contributed by atoms with van der Waals surface area (Å²) in [5.41, 5.74) is 6.08. The summed E-state index contributed by atoms with van der Waals surface area (Å²) in [5.74, 6) is 0. The fraction of sp³-hybridized carbons (Fsp3) is 0.846. The lowest BCUT2D eigenvalue weighted by Gasteiger charge is -2.40. The molecule has 16 heavy (non-hydrogen) atoms. The van der Waals surface area contributed by atoms with Gasteiger partial charge < -0.3 is 15.8 Å². The highest BCUT2D eigenvalue weighted by Gasteiger charge is 2.33. The summed E-state index contributed by atoms with van der Waals surface area (Å²) in [6.45, 7) is 3.82. The maximum absolute atomic E-state index is 5.92. The summed E-state index contributed by atoms with van der Waals surface area (Å²) >= 11 is 0. The van der Waals surface area contributed by atoms with Crippen molar-refractivity contribution >= 4 is 0 Å². The molecule has 3 heteroatoms. The van der Waals surface area contributed by atoms with Crippen molar-refractivity contribution in [1.82, 2.24) is 5.32 Å². The van der Waals surface area contributed by atoms with E-state index in [1.807, 2.05) is 0 Å². The average molecular weight is 226 g/mol. The van der Waals surface area contributed by atoms with Crippen LogP contribution in [0.5, 0.6) is 0 Å². The quantitative estimate of drug-likeness (QED) is 0.536. The van der Waals surface area contributed by atoms with Crippen LogP contribution in [0.1, 0.15) is 39.0 Å². The molecule has 0 saturated heterocycles. The van der Waals surface area contributed by atoms with Crippen molar-refractivity contribution in [2.45, 2.75) is 50.7 Å². The zero-order chi connectivity index (χ0) is 11.9. The van der Waals surface area contributed by atoms with Crippen LogP contribution in [0, 0.1) is 0 Å². The monoisotopic (exact) mass is 226 g/mol. The number of ether oxygens (including phenoxy) is 1. The first kappa shape index (κ1) is 13.7. The fourth-order valence-corrected chi connectivity index (χ4v) is 2.42. The van der Waals surface area contributed by atoms with Gasteiger partial charge in [0.1, 0.15) is 0 Å². The Balaban J connectivity index is 2.34. The van der Waals surface area contributed by atoms with E-state index in [0.717, 1.165) is 45.2 Å². The molecule has 0 spiro atoms. The average Bonchev–Trinajstić information content (AvgIpc) is 2.35. The molecular formula is C13H26N2O. The SMILES string of the molecule is C/C=C/CCNC1(CN)CCC(OC)CC1. The van der Waals surface area contributed by atoms with Crippen LogP contribution in [0.4, 0.5) is 0 Å². The lowest BCUT2D eigenvalue weighted by atomic mass is 9.80. The topological polar surface area (TPSA) is 47.3 Å². The number of methoxy groups -OCH3 is 1. The summed E-state index contributed by atoms with van der Waals surface area (Å²) in [6, 6.07) is 0. The van der Waals surface area contributed by atoms with E-state index in [-0.39, 0.29) is 5.54 Å². The van der Waals surface area contributed by atoms with Gasteiger partial charge in [-0.3, -0.25) is 0 Å². The van der Waals surface area contributed by atoms with Gasteiger partial charge in [-0.25, -0.2) is 0 Å². The fourth-order valence-electron chi connectivity index (χ4n) is 2.42. The van der Waals surface area contributed by atoms with E-state index in [4.69, 9.17) is 10.5 Å². The molecule has 0 atom stereocenters. The maximum atomic E-state index is 5.92. The molecule has 3 N–H and O–H groups in total. The highest BCUT2D eigenvalue weighted by molar-refractivity contribution is 4.94. The molecule has 0 amide bonds. The van der Waals surface area contributed by atoms with E-state index in [0.29, 0.717) is 6.10 Å². The molecule has 1 fully saturated rings. The van der Waals surface area contributed by atoms with Gasteiger partial charge >= 0.3 is 0 Å². The van der Waals surface area contributed by atoms with Gasteiger partial charge in [0, 0.05) is 19.2 Å². The number of allylic oxidation sites excluding steroid dienone is 1. The van der Waals surface area contributed by atoms with Crippen LogP contribution in [0.25, 0.3) is 0 Å². The minimum atomic E-state index is 0.163. The van der Waals surface area contributed by atoms with Crippen LogP contribution in [-0.4, -0.2) is 31.8 Å². The number of hydrogen-bond acceptors (Lipinski definition) is 3. The van der Waals surface area contributed by atoms with Gasteiger partial charge in [0.25, 0.3) is 0 Å². The Bertz CT molecular complexity index is 208. The van der Waals surface area contributed by atoms with Crippen LogP contribution < -0.4 is 11.1 Å². The first-order valence-corrected chi connectivity index (χ1v) is 6.35. The van der Waals surface area contributed by atoms with E-state index in [9.17, 15) is 0 Å². The molecule has 0 aliphatic heterocycles. The molecule has 1 rings (SSSR count). The second kappa shape index (κ2) is 7.05. The third-order valence-electron chi connectivity index (χ3n) is 3.66. The van der Waals surface area contributed by atoms with Crippen LogP contribution in [0.2, 0.25) is 0 Å². The van der Waals surface area contributed by atoms with E-state index in [2.05, 4.69) is 24.4 Å². The van der Waals surface area contributed by atoms with Crippen LogP contribution in [0.3, 0.4) is 0 Å². The number of rotatable bonds is 6. The van der Waals surface area contributed by atoms with E-state index >= 15 is 0 Å². The highest BCUT2D eigenvalue weighted by Crippen LogP contribution is 2.28. The molecule has 0 heterocycles. The standard InChI is InChI=1S/C13H26N2O/c1-3-4-5-10-15-13(11-14)8-6-12(16-2)7-9-13/h3-4,12,15H,5-11,14H2,1-2H3/b4-3+. The van der Waals surface area contributed by atoms with Crippen molar-refractivity contribution in [2.75, 3.05) is 20.2 Å². The van der Waals surface area contributed by atoms with Gasteiger partial charge in [0.15, 0.2) is 0 Å². The molecular weight excluding hydrogens is 200 g/mol. The molecule has 0 aromatic rings. The molecule has 0 aromatic heterocycles. The summed E-state index contributed by atoms with van der Waals surface area (Å²) < 4.78 is 5.39. The largest absolute Gasteiger partial charge is 0.381 e. The Morgan fingerprint density at radius 1 is 1.44 bits per heavy atom. The van der Waals surface area contributed by atoms with Crippen molar-refractivity contribution in [2.24, 2.45) is 5.73 Å². The molecule has 94 valence electrons. The predicted molar refractivity (Wildman–Crippen MR) is 68.5 cm³/mol. The minimum Gasteiger partial charge on any atom is -0.381 e. The molecule has 1 aliphatic carbocycles. The maximum Gasteiger partial charge on any atom is 0.0572 e. The van der Waals surface area contributed by atoms with Gasteiger partial charge in [-0.15, -0.1) is 0 Å². The highest BCUT2D eigenvalue weighted by atomic mass is 16.5. The molecule has 0 bridgehead atoms. The Hall–Kier alpha value is -0.380. The summed E-state index contributed by atoms with van der Waals surface area (Å²) in [5, 5.41) is 3.63. The number of nitrogens with two attached hydrogens (primary N) is 1. The van der Waals surface area contributed by atoms with E-state index in [1.54, 1.807) is 7.11 Å². The van der Waals surface area contributed by atoms with Crippen molar-refractivity contribution in [3.8, 4) is 0 Å². The lowest BCUT2D eigenvalue weighted by molar-refractivity contribution is 0.0434. The van der Waals surface area contributed by atoms with E-state index < -0.39 is 0 Å². The smallest absolute Gasteiger partial charge is 0.0572 e. The normalized spacial score (nSPS) is 31.1. The van der Waals surface area contributed by atoms with Crippen molar-refractivity contribution in [3.63, 3.8) is 0 Å². The Kier molecular flexibility index (Phi) is 6.03. The summed E-state index contributed by atoms with van der Waals surface area (Å²) in [6.07, 6.45) is 10.4. The lowest BCUT2D eigenvalue weighted by Crippen LogP contribution is -2.54. The Labute approximate surface area is 99.4 Å². The van der Waals surface area contributed by atoms with Crippen LogP contribution in [0.15, 0.2) is 12.2 Å². The van der Waals surface area contributed by atoms with E-state index in [1.165, 1.54) is 0 Å². The number of nitrogens with one attached hydrogen (secondary N) is 1. The Morgan fingerprint density at radius 2 is 2.12 bits per heavy atom. The second-order valence-electron chi connectivity index (χ2n) is 4.70. The van der Waals surface area contributed by atoms with Gasteiger partial charge in [-0.05, 0) is 45.6 Å². The zero-order valence-corrected chi connectivity index (χ0v) is 10.7. The first-order chi connectivity index (χ1) is 7.76. The number of hydrogen-bond donors (Lipinski definition) is 2. The van der Waals surface area contributed by atoms with Crippen molar-refractivity contribution in [3.05, 3.63) is 12.2 Å². The molecule has 0 radical (unpaired) electrons. The first-order valence-electron chi connectivity index (χ1n) is 6.35. The van der Waals surface area contributed by atoms with Gasteiger partial charge in [0.05, 0.1) is 6.10 Å². The molecule has 1 aliphatic rings. The molecule has 0 aromatic carbocycles. The van der Waals surface area contributed by atoms with Crippen LogP contribution in [-0.2, 0) is 4.74 Å². The Morgan fingerprint density at radius 3 is 2.62 bits per heavy atom. The van der Waals surface area contributed by atoms with Crippen LogP contribution >= 0.6 is 0 Å². The van der Waals surface area contributed by atoms with Gasteiger partial charge in [-0.2, -0.15) is 0 Å². The third kappa shape index (κ3) is 3.89. The van der Waals surface area contributed by atoms with Gasteiger partial charge in [0.2, 0.25) is 0 Å². The molecule has 1 saturated carbocycles. The van der Waals surface area contributed by atoms with Crippen molar-refractivity contribution < 1.29 is 4.74 Å². The molecule has 3 nitrogen and oxygen atoms in total. The molecule has 0 unspecified atom stereocenters. The van der Waals surface area contributed by atoms with Crippen molar-refractivity contribution in [1.29, 1.82) is 0 Å². The third-order valence-corrected chi connectivity index (χ3v) is 3.66. The minimum absolute atomic E-state index is 0.163. The van der Waals surface area contributed by atoms with Gasteiger partial charge in [-0.1, -0.05) is 12.2 Å².